The molecule has 0 aliphatic carbocycles. The number of nitrogens with zero attached hydrogens (tertiary/aromatic N) is 2. The van der Waals surface area contributed by atoms with Gasteiger partial charge in [0, 0.05) is 10.4 Å². The van der Waals surface area contributed by atoms with Crippen molar-refractivity contribution in [3.8, 4) is 11.1 Å². The lowest BCUT2D eigenvalue weighted by molar-refractivity contribution is -0.136. The zero-order chi connectivity index (χ0) is 18.0. The van der Waals surface area contributed by atoms with Crippen LogP contribution in [-0.2, 0) is 17.6 Å². The van der Waals surface area contributed by atoms with E-state index in [1.165, 1.54) is 28.5 Å². The number of hydrogen-bond donors (Lipinski definition) is 1. The monoisotopic (exact) mass is 372 g/mol. The molecule has 0 saturated carbocycles. The van der Waals surface area contributed by atoms with E-state index < -0.39 is 11.2 Å². The molecule has 1 atom stereocenters. The van der Waals surface area contributed by atoms with E-state index in [0.29, 0.717) is 0 Å². The van der Waals surface area contributed by atoms with Gasteiger partial charge in [0.2, 0.25) is 0 Å². The summed E-state index contributed by atoms with van der Waals surface area (Å²) in [5.74, 6) is -0.837. The van der Waals surface area contributed by atoms with Crippen molar-refractivity contribution in [1.82, 2.24) is 9.97 Å². The molecule has 6 heteroatoms. The van der Waals surface area contributed by atoms with Gasteiger partial charge in [-0.25, -0.2) is 9.97 Å². The van der Waals surface area contributed by atoms with Crippen LogP contribution in [0.4, 0.5) is 0 Å². The normalized spacial score (nSPS) is 12.4. The zero-order valence-electron chi connectivity index (χ0n) is 14.4. The summed E-state index contributed by atoms with van der Waals surface area (Å²) in [5, 5.41) is 10.4. The first-order valence-corrected chi connectivity index (χ1v) is 9.99. The molecular weight excluding hydrogens is 352 g/mol. The van der Waals surface area contributed by atoms with E-state index in [9.17, 15) is 9.90 Å². The Labute approximate surface area is 155 Å². The van der Waals surface area contributed by atoms with Crippen molar-refractivity contribution < 1.29 is 9.90 Å². The number of carbonyl (C=O) groups is 1. The van der Waals surface area contributed by atoms with Crippen molar-refractivity contribution in [1.29, 1.82) is 0 Å². The summed E-state index contributed by atoms with van der Waals surface area (Å²) in [5.41, 5.74) is 3.58. The van der Waals surface area contributed by atoms with Gasteiger partial charge in [-0.05, 0) is 30.9 Å². The highest BCUT2D eigenvalue weighted by Gasteiger charge is 2.21. The van der Waals surface area contributed by atoms with Crippen molar-refractivity contribution in [3.63, 3.8) is 0 Å². The predicted octanol–water partition coefficient (Wildman–Crippen LogP) is 5.05. The first kappa shape index (κ1) is 17.9. The highest BCUT2D eigenvalue weighted by Crippen LogP contribution is 2.42. The second-order valence-corrected chi connectivity index (χ2v) is 8.17. The molecular formula is C19H20N2O2S2. The Hall–Kier alpha value is -1.92. The maximum Gasteiger partial charge on any atom is 0.316 e. The smallest absolute Gasteiger partial charge is 0.316 e. The molecule has 0 aliphatic heterocycles. The Balaban J connectivity index is 2.19. The second kappa shape index (κ2) is 7.54. The molecule has 1 unspecified atom stereocenters. The molecule has 0 amide bonds. The van der Waals surface area contributed by atoms with E-state index in [1.54, 1.807) is 18.3 Å². The third-order valence-corrected chi connectivity index (χ3v) is 6.46. The van der Waals surface area contributed by atoms with Gasteiger partial charge in [0.05, 0.1) is 5.39 Å². The number of carboxylic acid groups (broad SMARTS) is 1. The van der Waals surface area contributed by atoms with Crippen LogP contribution < -0.4 is 0 Å². The van der Waals surface area contributed by atoms with Gasteiger partial charge in [0.25, 0.3) is 0 Å². The van der Waals surface area contributed by atoms with Crippen LogP contribution in [-0.4, -0.2) is 26.3 Å². The Bertz CT molecular complexity index is 904. The molecule has 4 nitrogen and oxygen atoms in total. The fourth-order valence-electron chi connectivity index (χ4n) is 2.72. The molecule has 0 saturated heterocycles. The van der Waals surface area contributed by atoms with E-state index >= 15 is 0 Å². The lowest BCUT2D eigenvalue weighted by Gasteiger charge is -2.09. The highest BCUT2D eigenvalue weighted by atomic mass is 32.2. The van der Waals surface area contributed by atoms with Crippen LogP contribution in [0.15, 0.2) is 35.6 Å². The van der Waals surface area contributed by atoms with Crippen LogP contribution in [0.3, 0.4) is 0 Å². The third-order valence-electron chi connectivity index (χ3n) is 4.13. The summed E-state index contributed by atoms with van der Waals surface area (Å²) in [6.45, 7) is 5.96. The molecule has 0 aliphatic rings. The molecule has 25 heavy (non-hydrogen) atoms. The summed E-state index contributed by atoms with van der Waals surface area (Å²) in [6, 6.07) is 8.58. The molecule has 2 heterocycles. The number of thiophene rings is 1. The van der Waals surface area contributed by atoms with Crippen LogP contribution >= 0.6 is 23.1 Å². The van der Waals surface area contributed by atoms with Crippen LogP contribution in [0.1, 0.15) is 31.2 Å². The summed E-state index contributed by atoms with van der Waals surface area (Å²) in [7, 11) is 0. The largest absolute Gasteiger partial charge is 0.480 e. The average Bonchev–Trinajstić information content (AvgIpc) is 3.01. The molecule has 0 spiro atoms. The number of thioether (sulfide) groups is 1. The number of aromatic nitrogens is 2. The SMILES string of the molecule is CCc1ccc(-c2c(CC)sc3ncnc(SC(C)C(=O)O)c23)cc1. The Kier molecular flexibility index (Phi) is 5.39. The van der Waals surface area contributed by atoms with Crippen LogP contribution in [0, 0.1) is 0 Å². The van der Waals surface area contributed by atoms with Crippen LogP contribution in [0.5, 0.6) is 0 Å². The Morgan fingerprint density at radius 2 is 1.92 bits per heavy atom. The quantitative estimate of drug-likeness (QED) is 0.485. The molecule has 130 valence electrons. The Morgan fingerprint density at radius 1 is 1.20 bits per heavy atom. The van der Waals surface area contributed by atoms with Crippen molar-refractivity contribution in [2.75, 3.05) is 0 Å². The summed E-state index contributed by atoms with van der Waals surface area (Å²) >= 11 is 2.94. The van der Waals surface area contributed by atoms with E-state index in [2.05, 4.69) is 48.1 Å². The number of aryl methyl sites for hydroxylation is 2. The zero-order valence-corrected chi connectivity index (χ0v) is 16.1. The van der Waals surface area contributed by atoms with Gasteiger partial charge < -0.3 is 5.11 Å². The number of hydrogen-bond acceptors (Lipinski definition) is 5. The summed E-state index contributed by atoms with van der Waals surface area (Å²) in [6.07, 6.45) is 3.44. The molecule has 1 aromatic carbocycles. The van der Waals surface area contributed by atoms with Crippen molar-refractivity contribution >= 4 is 39.3 Å². The number of rotatable bonds is 6. The minimum atomic E-state index is -0.837. The lowest BCUT2D eigenvalue weighted by atomic mass is 10.0. The molecule has 0 fully saturated rings. The van der Waals surface area contributed by atoms with Gasteiger partial charge in [-0.1, -0.05) is 49.9 Å². The van der Waals surface area contributed by atoms with E-state index in [0.717, 1.165) is 39.2 Å². The second-order valence-electron chi connectivity index (χ2n) is 5.76. The number of fused-ring (bicyclic) bond motifs is 1. The van der Waals surface area contributed by atoms with E-state index in [-0.39, 0.29) is 0 Å². The first-order chi connectivity index (χ1) is 12.0. The number of carboxylic acids is 1. The van der Waals surface area contributed by atoms with Crippen molar-refractivity contribution in [2.24, 2.45) is 0 Å². The van der Waals surface area contributed by atoms with E-state index in [4.69, 9.17) is 0 Å². The summed E-state index contributed by atoms with van der Waals surface area (Å²) in [4.78, 5) is 22.3. The van der Waals surface area contributed by atoms with Gasteiger partial charge in [0.15, 0.2) is 0 Å². The minimum Gasteiger partial charge on any atom is -0.480 e. The lowest BCUT2D eigenvalue weighted by Crippen LogP contribution is -2.11. The van der Waals surface area contributed by atoms with Crippen molar-refractivity contribution in [3.05, 3.63) is 41.0 Å². The van der Waals surface area contributed by atoms with Gasteiger partial charge in [-0.2, -0.15) is 0 Å². The molecule has 0 radical (unpaired) electrons. The van der Waals surface area contributed by atoms with Gasteiger partial charge in [-0.15, -0.1) is 11.3 Å². The first-order valence-electron chi connectivity index (χ1n) is 8.30. The average molecular weight is 373 g/mol. The fraction of sp³-hybridized carbons (Fsp3) is 0.316. The van der Waals surface area contributed by atoms with Crippen molar-refractivity contribution in [2.45, 2.75) is 43.9 Å². The predicted molar refractivity (Wildman–Crippen MR) is 105 cm³/mol. The molecule has 2 aromatic heterocycles. The molecule has 3 rings (SSSR count). The minimum absolute atomic E-state index is 0.557. The topological polar surface area (TPSA) is 63.1 Å². The van der Waals surface area contributed by atoms with Crippen LogP contribution in [0.2, 0.25) is 0 Å². The van der Waals surface area contributed by atoms with Gasteiger partial charge in [0.1, 0.15) is 21.4 Å². The molecule has 3 aromatic rings. The highest BCUT2D eigenvalue weighted by molar-refractivity contribution is 8.00. The summed E-state index contributed by atoms with van der Waals surface area (Å²) < 4.78 is 0. The number of aliphatic carboxylic acids is 1. The fourth-order valence-corrected chi connectivity index (χ4v) is 4.75. The maximum absolute atomic E-state index is 11.3. The standard InChI is InChI=1S/C19H20N2O2S2/c1-4-12-6-8-13(9-7-12)15-14(5-2)25-18-16(15)17(20-10-21-18)24-11(3)19(22)23/h6-11H,4-5H2,1-3H3,(H,22,23). The Morgan fingerprint density at radius 3 is 2.52 bits per heavy atom. The van der Waals surface area contributed by atoms with Gasteiger partial charge >= 0.3 is 5.97 Å². The maximum atomic E-state index is 11.3. The van der Waals surface area contributed by atoms with Gasteiger partial charge in [-0.3, -0.25) is 4.79 Å². The number of benzene rings is 1. The van der Waals surface area contributed by atoms with Crippen LogP contribution in [0.25, 0.3) is 21.3 Å². The third kappa shape index (κ3) is 3.55. The van der Waals surface area contributed by atoms with E-state index in [1.807, 2.05) is 0 Å². The molecule has 0 bridgehead atoms. The molecule has 1 N–H and O–H groups in total.